The van der Waals surface area contributed by atoms with E-state index < -0.39 is 0 Å². The van der Waals surface area contributed by atoms with Crippen LogP contribution in [0.25, 0.3) is 0 Å². The summed E-state index contributed by atoms with van der Waals surface area (Å²) in [5.41, 5.74) is 5.46. The standard InChI is InChI=1S/C10H19N3O/c1-14-9-3-7-13-8-6-12-10(13)4-2-5-11/h6,8H,2-5,7,9,11H2,1H3. The summed E-state index contributed by atoms with van der Waals surface area (Å²) in [6.07, 6.45) is 6.86. The topological polar surface area (TPSA) is 53.1 Å². The van der Waals surface area contributed by atoms with Crippen LogP contribution in [0.1, 0.15) is 18.7 Å². The summed E-state index contributed by atoms with van der Waals surface area (Å²) in [6.45, 7) is 2.51. The Hall–Kier alpha value is -0.870. The molecule has 0 bridgehead atoms. The van der Waals surface area contributed by atoms with E-state index in [4.69, 9.17) is 10.5 Å². The van der Waals surface area contributed by atoms with Gasteiger partial charge in [-0.1, -0.05) is 0 Å². The van der Waals surface area contributed by atoms with E-state index in [2.05, 4.69) is 9.55 Å². The first-order valence-electron chi connectivity index (χ1n) is 5.07. The Labute approximate surface area is 85.1 Å². The summed E-state index contributed by atoms with van der Waals surface area (Å²) in [7, 11) is 1.73. The van der Waals surface area contributed by atoms with Crippen molar-refractivity contribution in [3.63, 3.8) is 0 Å². The Morgan fingerprint density at radius 2 is 2.36 bits per heavy atom. The van der Waals surface area contributed by atoms with E-state index in [0.29, 0.717) is 0 Å². The number of imidazole rings is 1. The third-order valence-electron chi connectivity index (χ3n) is 2.15. The van der Waals surface area contributed by atoms with Crippen molar-refractivity contribution < 1.29 is 4.74 Å². The van der Waals surface area contributed by atoms with Crippen LogP contribution in [0.3, 0.4) is 0 Å². The molecule has 4 heteroatoms. The average molecular weight is 197 g/mol. The summed E-state index contributed by atoms with van der Waals surface area (Å²) < 4.78 is 7.18. The lowest BCUT2D eigenvalue weighted by Gasteiger charge is -2.06. The van der Waals surface area contributed by atoms with Crippen LogP contribution in [0.2, 0.25) is 0 Å². The second kappa shape index (κ2) is 6.56. The van der Waals surface area contributed by atoms with Gasteiger partial charge in [0.05, 0.1) is 0 Å². The molecule has 0 amide bonds. The van der Waals surface area contributed by atoms with Gasteiger partial charge in [0.15, 0.2) is 0 Å². The minimum absolute atomic E-state index is 0.727. The molecule has 1 heterocycles. The molecule has 0 unspecified atom stereocenters. The molecule has 1 rings (SSSR count). The highest BCUT2D eigenvalue weighted by atomic mass is 16.5. The van der Waals surface area contributed by atoms with Gasteiger partial charge in [-0.15, -0.1) is 0 Å². The van der Waals surface area contributed by atoms with E-state index in [0.717, 1.165) is 44.8 Å². The van der Waals surface area contributed by atoms with Crippen molar-refractivity contribution in [3.05, 3.63) is 18.2 Å². The summed E-state index contributed by atoms with van der Waals surface area (Å²) in [6, 6.07) is 0. The molecule has 0 spiro atoms. The predicted octanol–water partition coefficient (Wildman–Crippen LogP) is 0.811. The molecule has 0 aliphatic heterocycles. The fraction of sp³-hybridized carbons (Fsp3) is 0.700. The molecule has 2 N–H and O–H groups in total. The molecule has 0 aliphatic carbocycles. The monoisotopic (exact) mass is 197 g/mol. The Kier molecular flexibility index (Phi) is 5.25. The van der Waals surface area contributed by atoms with E-state index in [1.165, 1.54) is 0 Å². The molecular weight excluding hydrogens is 178 g/mol. The van der Waals surface area contributed by atoms with Crippen molar-refractivity contribution in [3.8, 4) is 0 Å². The zero-order chi connectivity index (χ0) is 10.2. The van der Waals surface area contributed by atoms with Gasteiger partial charge >= 0.3 is 0 Å². The second-order valence-electron chi connectivity index (χ2n) is 3.28. The van der Waals surface area contributed by atoms with Crippen LogP contribution in [0.5, 0.6) is 0 Å². The molecule has 0 saturated heterocycles. The van der Waals surface area contributed by atoms with Crippen molar-refractivity contribution in [1.29, 1.82) is 0 Å². The van der Waals surface area contributed by atoms with E-state index in [1.807, 2.05) is 12.4 Å². The Balaban J connectivity index is 2.37. The van der Waals surface area contributed by atoms with Gasteiger partial charge in [0, 0.05) is 39.1 Å². The van der Waals surface area contributed by atoms with Gasteiger partial charge < -0.3 is 15.0 Å². The number of hydrogen-bond donors (Lipinski definition) is 1. The van der Waals surface area contributed by atoms with E-state index in [-0.39, 0.29) is 0 Å². The van der Waals surface area contributed by atoms with Crippen LogP contribution in [0.4, 0.5) is 0 Å². The fourth-order valence-electron chi connectivity index (χ4n) is 1.41. The lowest BCUT2D eigenvalue weighted by atomic mass is 10.3. The van der Waals surface area contributed by atoms with Gasteiger partial charge in [-0.2, -0.15) is 0 Å². The van der Waals surface area contributed by atoms with Crippen LogP contribution < -0.4 is 5.73 Å². The van der Waals surface area contributed by atoms with E-state index >= 15 is 0 Å². The molecule has 0 saturated carbocycles. The number of aromatic nitrogens is 2. The van der Waals surface area contributed by atoms with Gasteiger partial charge in [0.1, 0.15) is 5.82 Å². The van der Waals surface area contributed by atoms with Gasteiger partial charge in [-0.25, -0.2) is 4.98 Å². The first kappa shape index (κ1) is 11.2. The maximum absolute atomic E-state index is 5.46. The van der Waals surface area contributed by atoms with Gasteiger partial charge in [-0.05, 0) is 19.4 Å². The van der Waals surface area contributed by atoms with Crippen molar-refractivity contribution in [2.45, 2.75) is 25.8 Å². The van der Waals surface area contributed by atoms with Crippen LogP contribution in [0, 0.1) is 0 Å². The quantitative estimate of drug-likeness (QED) is 0.658. The van der Waals surface area contributed by atoms with Crippen LogP contribution in [-0.2, 0) is 17.7 Å². The largest absolute Gasteiger partial charge is 0.385 e. The molecule has 0 fully saturated rings. The summed E-state index contributed by atoms with van der Waals surface area (Å²) in [5, 5.41) is 0. The van der Waals surface area contributed by atoms with E-state index in [9.17, 15) is 0 Å². The first-order chi connectivity index (χ1) is 6.88. The van der Waals surface area contributed by atoms with Crippen molar-refractivity contribution >= 4 is 0 Å². The van der Waals surface area contributed by atoms with Crippen molar-refractivity contribution in [2.75, 3.05) is 20.3 Å². The Morgan fingerprint density at radius 1 is 1.50 bits per heavy atom. The molecule has 1 aromatic heterocycles. The first-order valence-corrected chi connectivity index (χ1v) is 5.07. The van der Waals surface area contributed by atoms with Crippen LogP contribution >= 0.6 is 0 Å². The minimum Gasteiger partial charge on any atom is -0.385 e. The Morgan fingerprint density at radius 3 is 3.07 bits per heavy atom. The zero-order valence-corrected chi connectivity index (χ0v) is 8.78. The molecular formula is C10H19N3O. The Bertz CT molecular complexity index is 247. The third kappa shape index (κ3) is 3.47. The van der Waals surface area contributed by atoms with Gasteiger partial charge in [0.2, 0.25) is 0 Å². The van der Waals surface area contributed by atoms with Crippen molar-refractivity contribution in [2.24, 2.45) is 5.73 Å². The maximum atomic E-state index is 5.46. The fourth-order valence-corrected chi connectivity index (χ4v) is 1.41. The molecule has 0 aromatic carbocycles. The third-order valence-corrected chi connectivity index (χ3v) is 2.15. The number of ether oxygens (including phenoxy) is 1. The van der Waals surface area contributed by atoms with Crippen LogP contribution in [-0.4, -0.2) is 29.8 Å². The second-order valence-corrected chi connectivity index (χ2v) is 3.28. The van der Waals surface area contributed by atoms with Gasteiger partial charge in [-0.3, -0.25) is 0 Å². The number of rotatable bonds is 7. The van der Waals surface area contributed by atoms with Crippen LogP contribution in [0.15, 0.2) is 12.4 Å². The summed E-state index contributed by atoms with van der Waals surface area (Å²) in [4.78, 5) is 4.30. The molecule has 4 nitrogen and oxygen atoms in total. The highest BCUT2D eigenvalue weighted by Gasteiger charge is 2.01. The summed E-state index contributed by atoms with van der Waals surface area (Å²) >= 11 is 0. The molecule has 14 heavy (non-hydrogen) atoms. The molecule has 0 atom stereocenters. The highest BCUT2D eigenvalue weighted by Crippen LogP contribution is 2.02. The van der Waals surface area contributed by atoms with Crippen molar-refractivity contribution in [1.82, 2.24) is 9.55 Å². The lowest BCUT2D eigenvalue weighted by molar-refractivity contribution is 0.190. The van der Waals surface area contributed by atoms with E-state index in [1.54, 1.807) is 7.11 Å². The number of methoxy groups -OCH3 is 1. The normalized spacial score (nSPS) is 10.7. The zero-order valence-electron chi connectivity index (χ0n) is 8.78. The predicted molar refractivity (Wildman–Crippen MR) is 56.1 cm³/mol. The number of hydrogen-bond acceptors (Lipinski definition) is 3. The highest BCUT2D eigenvalue weighted by molar-refractivity contribution is 4.92. The maximum Gasteiger partial charge on any atom is 0.108 e. The number of nitrogens with two attached hydrogens (primary N) is 1. The van der Waals surface area contributed by atoms with Gasteiger partial charge in [0.25, 0.3) is 0 Å². The average Bonchev–Trinajstić information content (AvgIpc) is 2.63. The number of nitrogens with zero attached hydrogens (tertiary/aromatic N) is 2. The summed E-state index contributed by atoms with van der Waals surface area (Å²) in [5.74, 6) is 1.13. The SMILES string of the molecule is COCCCn1ccnc1CCCN. The smallest absolute Gasteiger partial charge is 0.108 e. The molecule has 80 valence electrons. The number of aryl methyl sites for hydroxylation is 2. The molecule has 0 radical (unpaired) electrons. The molecule has 0 aliphatic rings. The lowest BCUT2D eigenvalue weighted by Crippen LogP contribution is -2.08. The minimum atomic E-state index is 0.727. The molecule has 1 aromatic rings.